The van der Waals surface area contributed by atoms with Crippen molar-refractivity contribution in [3.8, 4) is 0 Å². The topological polar surface area (TPSA) is 76.5 Å². The van der Waals surface area contributed by atoms with Crippen molar-refractivity contribution in [3.05, 3.63) is 87.8 Å². The fraction of sp³-hybridized carbons (Fsp3) is 0.344. The first-order chi connectivity index (χ1) is 19.3. The molecule has 2 aromatic carbocycles. The van der Waals surface area contributed by atoms with Crippen molar-refractivity contribution in [2.45, 2.75) is 59.6 Å². The maximum absolute atomic E-state index is 13.5. The number of carbonyl (C=O) groups is 2. The van der Waals surface area contributed by atoms with Gasteiger partial charge in [-0.3, -0.25) is 9.78 Å². The van der Waals surface area contributed by atoms with E-state index >= 15 is 0 Å². The number of ether oxygens (including phenoxy) is 1. The lowest BCUT2D eigenvalue weighted by Gasteiger charge is -2.33. The van der Waals surface area contributed by atoms with Crippen LogP contribution in [0.2, 0.25) is 5.02 Å². The summed E-state index contributed by atoms with van der Waals surface area (Å²) in [6, 6.07) is 15.3. The van der Waals surface area contributed by atoms with Crippen molar-refractivity contribution in [1.82, 2.24) is 9.55 Å². The molecule has 1 aliphatic rings. The molecule has 0 spiro atoms. The number of nitrogens with zero attached hydrogens (tertiary/aromatic N) is 3. The Balaban J connectivity index is 1.89. The van der Waals surface area contributed by atoms with Gasteiger partial charge in [-0.15, -0.1) is 0 Å². The summed E-state index contributed by atoms with van der Waals surface area (Å²) in [6.45, 7) is 12.4. The molecule has 2 aromatic heterocycles. The number of aromatic nitrogens is 2. The Hall–Kier alpha value is -3.84. The molecule has 0 bridgehead atoms. The molecular formula is C32H35ClN4O3. The van der Waals surface area contributed by atoms with Gasteiger partial charge in [0.05, 0.1) is 11.3 Å². The van der Waals surface area contributed by atoms with Gasteiger partial charge in [-0.05, 0) is 69.2 Å². The number of rotatable bonds is 9. The van der Waals surface area contributed by atoms with Crippen LogP contribution in [-0.2, 0) is 21.7 Å². The molecule has 1 atom stereocenters. The van der Waals surface area contributed by atoms with Gasteiger partial charge >= 0.3 is 5.97 Å². The SMILES string of the molecule is CCCN(CCC)c1ccc(C2(c3c(C)n(CC)c4ccc(Cl)cc34)OC(=O)c3cccnc32)c(NC(C)=O)c1. The number of fused-ring (bicyclic) bond motifs is 2. The second kappa shape index (κ2) is 11.0. The third kappa shape index (κ3) is 4.42. The highest BCUT2D eigenvalue weighted by Gasteiger charge is 2.53. The average Bonchev–Trinajstić information content (AvgIpc) is 3.38. The van der Waals surface area contributed by atoms with Crippen LogP contribution in [0.4, 0.5) is 11.4 Å². The second-order valence-electron chi connectivity index (χ2n) is 10.2. The van der Waals surface area contributed by atoms with Crippen molar-refractivity contribution >= 4 is 45.8 Å². The Morgan fingerprint density at radius 1 is 1.10 bits per heavy atom. The number of carbonyl (C=O) groups excluding carboxylic acids is 2. The van der Waals surface area contributed by atoms with Crippen molar-refractivity contribution in [3.63, 3.8) is 0 Å². The van der Waals surface area contributed by atoms with E-state index in [4.69, 9.17) is 21.3 Å². The number of hydrogen-bond donors (Lipinski definition) is 1. The first-order valence-corrected chi connectivity index (χ1v) is 14.3. The zero-order valence-electron chi connectivity index (χ0n) is 23.7. The van der Waals surface area contributed by atoms with Crippen LogP contribution >= 0.6 is 11.6 Å². The number of cyclic esters (lactones) is 1. The van der Waals surface area contributed by atoms with Gasteiger partial charge in [0, 0.05) is 71.2 Å². The van der Waals surface area contributed by atoms with E-state index in [-0.39, 0.29) is 5.91 Å². The number of esters is 1. The number of aryl methyl sites for hydroxylation is 1. The normalized spacial score (nSPS) is 16.2. The number of amides is 1. The van der Waals surface area contributed by atoms with E-state index in [2.05, 4.69) is 35.6 Å². The molecule has 3 heterocycles. The monoisotopic (exact) mass is 558 g/mol. The van der Waals surface area contributed by atoms with E-state index in [1.165, 1.54) is 6.92 Å². The van der Waals surface area contributed by atoms with Crippen molar-refractivity contribution < 1.29 is 14.3 Å². The van der Waals surface area contributed by atoms with Crippen molar-refractivity contribution in [2.75, 3.05) is 23.3 Å². The van der Waals surface area contributed by atoms with Crippen LogP contribution < -0.4 is 10.2 Å². The Bertz CT molecular complexity index is 1610. The summed E-state index contributed by atoms with van der Waals surface area (Å²) in [5, 5.41) is 4.50. The number of hydrogen-bond acceptors (Lipinski definition) is 5. The van der Waals surface area contributed by atoms with E-state index < -0.39 is 11.6 Å². The van der Waals surface area contributed by atoms with Crippen LogP contribution in [-0.4, -0.2) is 34.5 Å². The molecule has 0 fully saturated rings. The summed E-state index contributed by atoms with van der Waals surface area (Å²) in [5.74, 6) is -0.675. The van der Waals surface area contributed by atoms with E-state index in [0.717, 1.165) is 53.8 Å². The molecule has 1 N–H and O–H groups in total. The summed E-state index contributed by atoms with van der Waals surface area (Å²) >= 11 is 6.54. The number of nitrogens with one attached hydrogen (secondary N) is 1. The Labute approximate surface area is 240 Å². The largest absolute Gasteiger partial charge is 0.439 e. The summed E-state index contributed by atoms with van der Waals surface area (Å²) in [6.07, 6.45) is 3.66. The first-order valence-electron chi connectivity index (χ1n) is 13.9. The molecule has 1 aliphatic heterocycles. The van der Waals surface area contributed by atoms with Crippen molar-refractivity contribution in [2.24, 2.45) is 0 Å². The molecule has 7 nitrogen and oxygen atoms in total. The van der Waals surface area contributed by atoms with E-state index in [0.29, 0.717) is 34.1 Å². The molecule has 0 radical (unpaired) electrons. The van der Waals surface area contributed by atoms with Crippen LogP contribution in [0.25, 0.3) is 10.9 Å². The maximum Gasteiger partial charge on any atom is 0.341 e. The highest BCUT2D eigenvalue weighted by Crippen LogP contribution is 2.52. The zero-order valence-corrected chi connectivity index (χ0v) is 24.4. The predicted molar refractivity (Wildman–Crippen MR) is 160 cm³/mol. The summed E-state index contributed by atoms with van der Waals surface area (Å²) in [5.41, 5.74) is 4.41. The van der Waals surface area contributed by atoms with Gasteiger partial charge in [0.2, 0.25) is 11.5 Å². The molecule has 5 rings (SSSR count). The van der Waals surface area contributed by atoms with Gasteiger partial charge in [0.25, 0.3) is 0 Å². The third-order valence-corrected chi connectivity index (χ3v) is 7.84. The van der Waals surface area contributed by atoms with Gasteiger partial charge in [0.1, 0.15) is 5.69 Å². The average molecular weight is 559 g/mol. The van der Waals surface area contributed by atoms with Crippen LogP contribution in [0.15, 0.2) is 54.7 Å². The molecule has 0 saturated carbocycles. The molecule has 1 unspecified atom stereocenters. The Morgan fingerprint density at radius 2 is 1.85 bits per heavy atom. The van der Waals surface area contributed by atoms with Crippen LogP contribution in [0.3, 0.4) is 0 Å². The molecule has 40 heavy (non-hydrogen) atoms. The highest BCUT2D eigenvalue weighted by molar-refractivity contribution is 6.31. The minimum atomic E-state index is -1.40. The summed E-state index contributed by atoms with van der Waals surface area (Å²) in [7, 11) is 0. The quantitative estimate of drug-likeness (QED) is 0.222. The number of pyridine rings is 1. The smallest absolute Gasteiger partial charge is 0.341 e. The van der Waals surface area contributed by atoms with Crippen LogP contribution in [0, 0.1) is 6.92 Å². The van der Waals surface area contributed by atoms with Gasteiger partial charge < -0.3 is 19.5 Å². The van der Waals surface area contributed by atoms with Gasteiger partial charge in [-0.25, -0.2) is 4.79 Å². The summed E-state index contributed by atoms with van der Waals surface area (Å²) < 4.78 is 8.66. The number of halogens is 1. The molecule has 208 valence electrons. The Kier molecular flexibility index (Phi) is 7.60. The van der Waals surface area contributed by atoms with Gasteiger partial charge in [0.15, 0.2) is 0 Å². The molecular weight excluding hydrogens is 524 g/mol. The lowest BCUT2D eigenvalue weighted by atomic mass is 9.80. The summed E-state index contributed by atoms with van der Waals surface area (Å²) in [4.78, 5) is 33.1. The molecule has 4 aromatic rings. The molecule has 1 amide bonds. The lowest BCUT2D eigenvalue weighted by molar-refractivity contribution is -0.114. The first kappa shape index (κ1) is 27.7. The number of anilines is 2. The van der Waals surface area contributed by atoms with Crippen LogP contribution in [0.1, 0.15) is 73.4 Å². The minimum Gasteiger partial charge on any atom is -0.439 e. The molecule has 0 saturated heterocycles. The van der Waals surface area contributed by atoms with Crippen LogP contribution in [0.5, 0.6) is 0 Å². The minimum absolute atomic E-state index is 0.215. The molecule has 0 aliphatic carbocycles. The van der Waals surface area contributed by atoms with Gasteiger partial charge in [-0.2, -0.15) is 0 Å². The van der Waals surface area contributed by atoms with E-state index in [1.807, 2.05) is 43.3 Å². The predicted octanol–water partition coefficient (Wildman–Crippen LogP) is 7.07. The fourth-order valence-electron chi connectivity index (χ4n) is 6.12. The highest BCUT2D eigenvalue weighted by atomic mass is 35.5. The van der Waals surface area contributed by atoms with E-state index in [9.17, 15) is 9.59 Å². The van der Waals surface area contributed by atoms with E-state index in [1.54, 1.807) is 18.3 Å². The second-order valence-corrected chi connectivity index (χ2v) is 10.7. The third-order valence-electron chi connectivity index (χ3n) is 7.61. The van der Waals surface area contributed by atoms with Crippen molar-refractivity contribution in [1.29, 1.82) is 0 Å². The zero-order chi connectivity index (χ0) is 28.6. The van der Waals surface area contributed by atoms with Gasteiger partial charge in [-0.1, -0.05) is 31.5 Å². The fourth-order valence-corrected chi connectivity index (χ4v) is 6.30. The standard InChI is InChI=1S/C32H35ClN4O3/c1-6-16-36(17-7-2)23-12-13-26(27(19-23)35-21(5)38)32(30-24(31(39)40-32)10-9-15-34-30)29-20(4)37(8-3)28-14-11-22(33)18-25(28)29/h9-15,18-19H,6-8,16-17H2,1-5H3,(H,35,38). The maximum atomic E-state index is 13.5. The molecule has 8 heteroatoms. The number of benzene rings is 2. The Morgan fingerprint density at radius 3 is 2.52 bits per heavy atom. The lowest BCUT2D eigenvalue weighted by Crippen LogP contribution is -2.33.